The molecule has 0 spiro atoms. The maximum atomic E-state index is 12.4. The van der Waals surface area contributed by atoms with Gasteiger partial charge in [0.2, 0.25) is 5.91 Å². The van der Waals surface area contributed by atoms with Gasteiger partial charge in [-0.15, -0.1) is 0 Å². The van der Waals surface area contributed by atoms with Crippen LogP contribution in [0.1, 0.15) is 38.5 Å². The van der Waals surface area contributed by atoms with Gasteiger partial charge < -0.3 is 10.0 Å². The smallest absolute Gasteiger partial charge is 0.307 e. The first-order valence-corrected chi connectivity index (χ1v) is 6.86. The van der Waals surface area contributed by atoms with Crippen molar-refractivity contribution in [2.75, 3.05) is 13.1 Å². The molecular formula is C14H21NO3. The summed E-state index contributed by atoms with van der Waals surface area (Å²) >= 11 is 0. The third kappa shape index (κ3) is 2.92. The SMILES string of the molecule is O=C(O)[C@@H]1CC=CC[C@@H]1C(=O)N1CCCCCC1. The highest BCUT2D eigenvalue weighted by Gasteiger charge is 2.36. The number of hydrogen-bond acceptors (Lipinski definition) is 2. The average Bonchev–Trinajstić information content (AvgIpc) is 2.66. The van der Waals surface area contributed by atoms with E-state index in [1.54, 1.807) is 0 Å². The standard InChI is InChI=1S/C14H21NO3/c16-13(15-9-5-1-2-6-10-15)11-7-3-4-8-12(11)14(17)18/h3-4,11-12H,1-2,5-10H2,(H,17,18)/t11-,12+/m0/s1. The van der Waals surface area contributed by atoms with Crippen molar-refractivity contribution < 1.29 is 14.7 Å². The lowest BCUT2D eigenvalue weighted by molar-refractivity contribution is -0.150. The first kappa shape index (κ1) is 13.1. The fourth-order valence-corrected chi connectivity index (χ4v) is 2.89. The van der Waals surface area contributed by atoms with E-state index in [9.17, 15) is 14.7 Å². The number of nitrogens with zero attached hydrogens (tertiary/aromatic N) is 1. The lowest BCUT2D eigenvalue weighted by Crippen LogP contribution is -2.42. The van der Waals surface area contributed by atoms with E-state index in [1.165, 1.54) is 12.8 Å². The van der Waals surface area contributed by atoms with E-state index < -0.39 is 11.9 Å². The molecule has 2 rings (SSSR count). The molecule has 0 saturated carbocycles. The van der Waals surface area contributed by atoms with Crippen LogP contribution in [0.4, 0.5) is 0 Å². The Morgan fingerprint density at radius 3 is 2.06 bits per heavy atom. The van der Waals surface area contributed by atoms with Gasteiger partial charge in [0.1, 0.15) is 0 Å². The lowest BCUT2D eigenvalue weighted by Gasteiger charge is -2.30. The second-order valence-corrected chi connectivity index (χ2v) is 5.23. The van der Waals surface area contributed by atoms with Gasteiger partial charge in [-0.3, -0.25) is 9.59 Å². The van der Waals surface area contributed by atoms with Crippen molar-refractivity contribution >= 4 is 11.9 Å². The summed E-state index contributed by atoms with van der Waals surface area (Å²) in [6.45, 7) is 1.59. The predicted octanol–water partition coefficient (Wildman–Crippen LogP) is 2.06. The summed E-state index contributed by atoms with van der Waals surface area (Å²) in [5.74, 6) is -1.68. The van der Waals surface area contributed by atoms with Crippen molar-refractivity contribution in [1.29, 1.82) is 0 Å². The number of aliphatic carboxylic acids is 1. The highest BCUT2D eigenvalue weighted by Crippen LogP contribution is 2.28. The normalized spacial score (nSPS) is 28.8. The minimum atomic E-state index is -0.840. The van der Waals surface area contributed by atoms with E-state index in [1.807, 2.05) is 17.1 Å². The molecule has 1 aliphatic heterocycles. The van der Waals surface area contributed by atoms with E-state index in [0.717, 1.165) is 25.9 Å². The minimum Gasteiger partial charge on any atom is -0.481 e. The Labute approximate surface area is 108 Å². The molecule has 4 heteroatoms. The van der Waals surface area contributed by atoms with E-state index >= 15 is 0 Å². The molecule has 2 aliphatic rings. The summed E-state index contributed by atoms with van der Waals surface area (Å²) in [4.78, 5) is 25.5. The Morgan fingerprint density at radius 2 is 1.50 bits per heavy atom. The van der Waals surface area contributed by atoms with Crippen LogP contribution in [0.2, 0.25) is 0 Å². The van der Waals surface area contributed by atoms with Gasteiger partial charge in [-0.05, 0) is 25.7 Å². The fourth-order valence-electron chi connectivity index (χ4n) is 2.89. The summed E-state index contributed by atoms with van der Waals surface area (Å²) in [5, 5.41) is 9.21. The van der Waals surface area contributed by atoms with Crippen molar-refractivity contribution in [3.8, 4) is 0 Å². The summed E-state index contributed by atoms with van der Waals surface area (Å²) in [6.07, 6.45) is 9.34. The van der Waals surface area contributed by atoms with Crippen LogP contribution in [0.3, 0.4) is 0 Å². The zero-order valence-electron chi connectivity index (χ0n) is 10.7. The average molecular weight is 251 g/mol. The maximum Gasteiger partial charge on any atom is 0.307 e. The molecule has 1 saturated heterocycles. The molecule has 4 nitrogen and oxygen atoms in total. The van der Waals surface area contributed by atoms with Crippen molar-refractivity contribution in [2.45, 2.75) is 38.5 Å². The highest BCUT2D eigenvalue weighted by molar-refractivity contribution is 5.85. The van der Waals surface area contributed by atoms with Gasteiger partial charge >= 0.3 is 5.97 Å². The number of rotatable bonds is 2. The van der Waals surface area contributed by atoms with Gasteiger partial charge in [-0.2, -0.15) is 0 Å². The van der Waals surface area contributed by atoms with Gasteiger partial charge in [-0.1, -0.05) is 25.0 Å². The van der Waals surface area contributed by atoms with Gasteiger partial charge in [-0.25, -0.2) is 0 Å². The van der Waals surface area contributed by atoms with Crippen LogP contribution in [0, 0.1) is 11.8 Å². The molecule has 18 heavy (non-hydrogen) atoms. The number of hydrogen-bond donors (Lipinski definition) is 1. The predicted molar refractivity (Wildman–Crippen MR) is 68.0 cm³/mol. The Kier molecular flexibility index (Phi) is 4.39. The fraction of sp³-hybridized carbons (Fsp3) is 0.714. The molecule has 1 amide bonds. The number of likely N-dealkylation sites (tertiary alicyclic amines) is 1. The summed E-state index contributed by atoms with van der Waals surface area (Å²) < 4.78 is 0. The number of carbonyl (C=O) groups excluding carboxylic acids is 1. The van der Waals surface area contributed by atoms with Gasteiger partial charge in [0, 0.05) is 13.1 Å². The van der Waals surface area contributed by atoms with Crippen LogP contribution in [-0.2, 0) is 9.59 Å². The van der Waals surface area contributed by atoms with Gasteiger partial charge in [0.15, 0.2) is 0 Å². The van der Waals surface area contributed by atoms with Crippen LogP contribution < -0.4 is 0 Å². The van der Waals surface area contributed by atoms with E-state index in [2.05, 4.69) is 0 Å². The molecule has 2 atom stereocenters. The van der Waals surface area contributed by atoms with Crippen LogP contribution >= 0.6 is 0 Å². The largest absolute Gasteiger partial charge is 0.481 e. The third-order valence-electron chi connectivity index (χ3n) is 3.98. The molecule has 0 aromatic heterocycles. The van der Waals surface area contributed by atoms with Gasteiger partial charge in [0.05, 0.1) is 11.8 Å². The molecule has 0 bridgehead atoms. The van der Waals surface area contributed by atoms with Crippen LogP contribution in [0.25, 0.3) is 0 Å². The van der Waals surface area contributed by atoms with Crippen LogP contribution in [0.15, 0.2) is 12.2 Å². The lowest BCUT2D eigenvalue weighted by atomic mass is 9.82. The zero-order valence-corrected chi connectivity index (χ0v) is 10.7. The van der Waals surface area contributed by atoms with Crippen LogP contribution in [0.5, 0.6) is 0 Å². The quantitative estimate of drug-likeness (QED) is 0.764. The second kappa shape index (κ2) is 6.03. The Balaban J connectivity index is 2.05. The van der Waals surface area contributed by atoms with E-state index in [-0.39, 0.29) is 11.8 Å². The Hall–Kier alpha value is -1.32. The van der Waals surface area contributed by atoms with Gasteiger partial charge in [0.25, 0.3) is 0 Å². The van der Waals surface area contributed by atoms with Crippen molar-refractivity contribution in [3.63, 3.8) is 0 Å². The summed E-state index contributed by atoms with van der Waals surface area (Å²) in [7, 11) is 0. The summed E-state index contributed by atoms with van der Waals surface area (Å²) in [6, 6.07) is 0. The van der Waals surface area contributed by atoms with Crippen molar-refractivity contribution in [2.24, 2.45) is 11.8 Å². The minimum absolute atomic E-state index is 0.0497. The molecule has 0 aromatic rings. The van der Waals surface area contributed by atoms with Crippen molar-refractivity contribution in [3.05, 3.63) is 12.2 Å². The molecule has 100 valence electrons. The first-order valence-electron chi connectivity index (χ1n) is 6.86. The van der Waals surface area contributed by atoms with E-state index in [0.29, 0.717) is 12.8 Å². The summed E-state index contributed by atoms with van der Waals surface area (Å²) in [5.41, 5.74) is 0. The first-order chi connectivity index (χ1) is 8.70. The zero-order chi connectivity index (χ0) is 13.0. The third-order valence-corrected chi connectivity index (χ3v) is 3.98. The number of carbonyl (C=O) groups is 2. The number of amides is 1. The highest BCUT2D eigenvalue weighted by atomic mass is 16.4. The maximum absolute atomic E-state index is 12.4. The number of carboxylic acid groups (broad SMARTS) is 1. The Bertz CT molecular complexity index is 343. The number of carboxylic acids is 1. The molecule has 0 radical (unpaired) electrons. The van der Waals surface area contributed by atoms with Crippen LogP contribution in [-0.4, -0.2) is 35.0 Å². The van der Waals surface area contributed by atoms with Crippen molar-refractivity contribution in [1.82, 2.24) is 4.90 Å². The second-order valence-electron chi connectivity index (χ2n) is 5.23. The molecular weight excluding hydrogens is 230 g/mol. The molecule has 0 aromatic carbocycles. The number of allylic oxidation sites excluding steroid dienone is 2. The molecule has 1 heterocycles. The molecule has 1 fully saturated rings. The van der Waals surface area contributed by atoms with E-state index in [4.69, 9.17) is 0 Å². The monoisotopic (exact) mass is 251 g/mol. The molecule has 1 N–H and O–H groups in total. The Morgan fingerprint density at radius 1 is 0.944 bits per heavy atom. The molecule has 1 aliphatic carbocycles. The topological polar surface area (TPSA) is 57.6 Å². The molecule has 0 unspecified atom stereocenters.